The van der Waals surface area contributed by atoms with Gasteiger partial charge in [0, 0.05) is 21.0 Å². The van der Waals surface area contributed by atoms with E-state index in [1.807, 2.05) is 36.6 Å². The van der Waals surface area contributed by atoms with Crippen LogP contribution in [-0.2, 0) is 4.74 Å². The highest BCUT2D eigenvalue weighted by molar-refractivity contribution is 9.10. The predicted molar refractivity (Wildman–Crippen MR) is 119 cm³/mol. The van der Waals surface area contributed by atoms with Gasteiger partial charge in [0.25, 0.3) is 5.91 Å². The topological polar surface area (TPSA) is 64.6 Å². The van der Waals surface area contributed by atoms with Crippen molar-refractivity contribution < 1.29 is 19.1 Å². The van der Waals surface area contributed by atoms with E-state index < -0.39 is 5.97 Å². The summed E-state index contributed by atoms with van der Waals surface area (Å²) >= 11 is 4.76. The quantitative estimate of drug-likeness (QED) is 0.427. The predicted octanol–water partition coefficient (Wildman–Crippen LogP) is 6.01. The van der Waals surface area contributed by atoms with Crippen LogP contribution < -0.4 is 10.1 Å². The average Bonchev–Trinajstić information content (AvgIpc) is 3.15. The van der Waals surface area contributed by atoms with E-state index in [9.17, 15) is 9.59 Å². The first-order valence-corrected chi connectivity index (χ1v) is 10.7. The SMILES string of the molecule is CCCOC(=O)c1c(-c2cccc(Br)c2)csc1NC(=O)c1ccc(OC)cc1. The van der Waals surface area contributed by atoms with Gasteiger partial charge in [0.15, 0.2) is 0 Å². The summed E-state index contributed by atoms with van der Waals surface area (Å²) in [5.74, 6) is -0.0913. The van der Waals surface area contributed by atoms with Crippen molar-refractivity contribution in [3.05, 3.63) is 69.5 Å². The fourth-order valence-corrected chi connectivity index (χ4v) is 4.06. The van der Waals surface area contributed by atoms with E-state index in [-0.39, 0.29) is 5.91 Å². The molecular weight excluding hydrogens is 454 g/mol. The Morgan fingerprint density at radius 2 is 1.90 bits per heavy atom. The molecule has 0 spiro atoms. The molecule has 0 aliphatic carbocycles. The molecule has 2 aromatic carbocycles. The summed E-state index contributed by atoms with van der Waals surface area (Å²) in [5, 5.41) is 5.17. The number of rotatable bonds is 7. The number of carbonyl (C=O) groups excluding carboxylic acids is 2. The Balaban J connectivity index is 1.94. The lowest BCUT2D eigenvalue weighted by atomic mass is 10.0. The zero-order valence-corrected chi connectivity index (χ0v) is 18.4. The summed E-state index contributed by atoms with van der Waals surface area (Å²) in [6, 6.07) is 14.4. The van der Waals surface area contributed by atoms with Gasteiger partial charge in [-0.05, 0) is 48.4 Å². The number of amides is 1. The highest BCUT2D eigenvalue weighted by Crippen LogP contribution is 2.37. The van der Waals surface area contributed by atoms with Crippen molar-refractivity contribution in [3.63, 3.8) is 0 Å². The Labute approximate surface area is 181 Å². The molecule has 0 radical (unpaired) electrons. The third-order valence-corrected chi connectivity index (χ3v) is 5.54. The van der Waals surface area contributed by atoms with Crippen LogP contribution in [0.4, 0.5) is 5.00 Å². The Bertz CT molecular complexity index is 1010. The molecule has 3 aromatic rings. The van der Waals surface area contributed by atoms with Gasteiger partial charge in [0.1, 0.15) is 16.3 Å². The van der Waals surface area contributed by atoms with E-state index in [1.165, 1.54) is 11.3 Å². The standard InChI is InChI=1S/C22H20BrNO4S/c1-3-11-28-22(26)19-18(15-5-4-6-16(23)12-15)13-29-21(19)24-20(25)14-7-9-17(27-2)10-8-14/h4-10,12-13H,3,11H2,1-2H3,(H,24,25). The molecule has 0 fully saturated rings. The number of carbonyl (C=O) groups is 2. The van der Waals surface area contributed by atoms with Gasteiger partial charge in [-0.15, -0.1) is 11.3 Å². The Kier molecular flexibility index (Phi) is 7.06. The van der Waals surface area contributed by atoms with Crippen molar-refractivity contribution >= 4 is 44.1 Å². The monoisotopic (exact) mass is 473 g/mol. The minimum atomic E-state index is -0.451. The molecule has 1 heterocycles. The molecule has 0 atom stereocenters. The van der Waals surface area contributed by atoms with Crippen molar-refractivity contribution in [2.75, 3.05) is 19.0 Å². The van der Waals surface area contributed by atoms with E-state index >= 15 is 0 Å². The van der Waals surface area contributed by atoms with Crippen LogP contribution in [-0.4, -0.2) is 25.6 Å². The Morgan fingerprint density at radius 1 is 1.14 bits per heavy atom. The van der Waals surface area contributed by atoms with Gasteiger partial charge in [0.2, 0.25) is 0 Å². The molecule has 0 unspecified atom stereocenters. The molecule has 0 aliphatic rings. The van der Waals surface area contributed by atoms with E-state index in [4.69, 9.17) is 9.47 Å². The summed E-state index contributed by atoms with van der Waals surface area (Å²) in [6.07, 6.45) is 0.718. The van der Waals surface area contributed by atoms with E-state index in [2.05, 4.69) is 21.2 Å². The zero-order chi connectivity index (χ0) is 20.8. The molecule has 0 saturated carbocycles. The van der Waals surface area contributed by atoms with Gasteiger partial charge < -0.3 is 14.8 Å². The van der Waals surface area contributed by atoms with Gasteiger partial charge in [-0.2, -0.15) is 0 Å². The van der Waals surface area contributed by atoms with Crippen LogP contribution in [0.1, 0.15) is 34.1 Å². The third-order valence-electron chi connectivity index (χ3n) is 4.15. The lowest BCUT2D eigenvalue weighted by Crippen LogP contribution is -2.15. The third kappa shape index (κ3) is 5.05. The second-order valence-corrected chi connectivity index (χ2v) is 7.98. The molecule has 29 heavy (non-hydrogen) atoms. The lowest BCUT2D eigenvalue weighted by Gasteiger charge is -2.10. The van der Waals surface area contributed by atoms with Gasteiger partial charge in [-0.25, -0.2) is 4.79 Å². The molecule has 1 N–H and O–H groups in total. The summed E-state index contributed by atoms with van der Waals surface area (Å²) < 4.78 is 11.4. The van der Waals surface area contributed by atoms with E-state index in [0.29, 0.717) is 28.5 Å². The number of benzene rings is 2. The van der Waals surface area contributed by atoms with Gasteiger partial charge in [-0.3, -0.25) is 4.79 Å². The van der Waals surface area contributed by atoms with Crippen LogP contribution >= 0.6 is 27.3 Å². The molecule has 150 valence electrons. The molecule has 3 rings (SSSR count). The highest BCUT2D eigenvalue weighted by atomic mass is 79.9. The molecule has 0 bridgehead atoms. The summed E-state index contributed by atoms with van der Waals surface area (Å²) in [6.45, 7) is 2.25. The number of thiophene rings is 1. The molecule has 0 aliphatic heterocycles. The van der Waals surface area contributed by atoms with E-state index in [1.54, 1.807) is 31.4 Å². The van der Waals surface area contributed by atoms with Crippen molar-refractivity contribution in [3.8, 4) is 16.9 Å². The summed E-state index contributed by atoms with van der Waals surface area (Å²) in [5.41, 5.74) is 2.42. The fourth-order valence-electron chi connectivity index (χ4n) is 2.71. The number of nitrogens with one attached hydrogen (secondary N) is 1. The van der Waals surface area contributed by atoms with Crippen molar-refractivity contribution in [1.82, 2.24) is 0 Å². The second kappa shape index (κ2) is 9.71. The maximum atomic E-state index is 12.8. The average molecular weight is 474 g/mol. The van der Waals surface area contributed by atoms with Crippen LogP contribution in [0.5, 0.6) is 5.75 Å². The van der Waals surface area contributed by atoms with Crippen molar-refractivity contribution in [2.24, 2.45) is 0 Å². The number of anilines is 1. The highest BCUT2D eigenvalue weighted by Gasteiger charge is 2.23. The Hall–Kier alpha value is -2.64. The lowest BCUT2D eigenvalue weighted by molar-refractivity contribution is 0.0508. The summed E-state index contributed by atoms with van der Waals surface area (Å²) in [4.78, 5) is 25.5. The van der Waals surface area contributed by atoms with Crippen LogP contribution in [0.15, 0.2) is 58.4 Å². The van der Waals surface area contributed by atoms with Gasteiger partial charge in [0.05, 0.1) is 13.7 Å². The minimum Gasteiger partial charge on any atom is -0.497 e. The number of methoxy groups -OCH3 is 1. The maximum Gasteiger partial charge on any atom is 0.341 e. The first kappa shape index (κ1) is 21.1. The first-order chi connectivity index (χ1) is 14.0. The Morgan fingerprint density at radius 3 is 2.55 bits per heavy atom. The van der Waals surface area contributed by atoms with E-state index in [0.717, 1.165) is 22.0 Å². The van der Waals surface area contributed by atoms with Crippen LogP contribution in [0, 0.1) is 0 Å². The maximum absolute atomic E-state index is 12.8. The number of hydrogen-bond acceptors (Lipinski definition) is 5. The normalized spacial score (nSPS) is 10.4. The largest absolute Gasteiger partial charge is 0.497 e. The van der Waals surface area contributed by atoms with Gasteiger partial charge >= 0.3 is 5.97 Å². The second-order valence-electron chi connectivity index (χ2n) is 6.18. The fraction of sp³-hybridized carbons (Fsp3) is 0.182. The number of hydrogen-bond donors (Lipinski definition) is 1. The van der Waals surface area contributed by atoms with Crippen LogP contribution in [0.25, 0.3) is 11.1 Å². The molecule has 7 heteroatoms. The van der Waals surface area contributed by atoms with Crippen molar-refractivity contribution in [2.45, 2.75) is 13.3 Å². The smallest absolute Gasteiger partial charge is 0.341 e. The molecular formula is C22H20BrNO4S. The minimum absolute atomic E-state index is 0.306. The summed E-state index contributed by atoms with van der Waals surface area (Å²) in [7, 11) is 1.57. The number of halogens is 1. The molecule has 1 amide bonds. The first-order valence-electron chi connectivity index (χ1n) is 9.03. The van der Waals surface area contributed by atoms with Crippen LogP contribution in [0.2, 0.25) is 0 Å². The molecule has 1 aromatic heterocycles. The molecule has 0 saturated heterocycles. The van der Waals surface area contributed by atoms with Crippen molar-refractivity contribution in [1.29, 1.82) is 0 Å². The number of ether oxygens (including phenoxy) is 2. The van der Waals surface area contributed by atoms with Gasteiger partial charge in [-0.1, -0.05) is 35.0 Å². The molecule has 5 nitrogen and oxygen atoms in total. The number of esters is 1. The van der Waals surface area contributed by atoms with Crippen LogP contribution in [0.3, 0.4) is 0 Å². The zero-order valence-electron chi connectivity index (χ0n) is 16.0.